The zero-order chi connectivity index (χ0) is 12.5. The van der Waals surface area contributed by atoms with Crippen molar-refractivity contribution in [2.75, 3.05) is 6.54 Å². The quantitative estimate of drug-likeness (QED) is 0.778. The van der Waals surface area contributed by atoms with E-state index in [2.05, 4.69) is 15.9 Å². The second kappa shape index (κ2) is 5.90. The minimum atomic E-state index is -4.63. The Morgan fingerprint density at radius 1 is 1.35 bits per heavy atom. The van der Waals surface area contributed by atoms with Gasteiger partial charge in [-0.1, -0.05) is 15.9 Å². The Balaban J connectivity index is 0.00000256. The molecule has 3 nitrogen and oxygen atoms in total. The highest BCUT2D eigenvalue weighted by Gasteiger charge is 2.35. The normalized spacial score (nSPS) is 13.1. The Kier molecular flexibility index (Phi) is 5.73. The number of hydrogen-bond acceptors (Lipinski definition) is 3. The topological polar surface area (TPSA) is 72.3 Å². The van der Waals surface area contributed by atoms with Gasteiger partial charge in [-0.15, -0.1) is 12.4 Å². The summed E-state index contributed by atoms with van der Waals surface area (Å²) >= 11 is 2.93. The van der Waals surface area contributed by atoms with Gasteiger partial charge in [0.05, 0.1) is 5.56 Å². The summed E-state index contributed by atoms with van der Waals surface area (Å²) in [5, 5.41) is 9.47. The van der Waals surface area contributed by atoms with Gasteiger partial charge in [0.25, 0.3) is 0 Å². The van der Waals surface area contributed by atoms with E-state index < -0.39 is 23.5 Å². The minimum Gasteiger partial charge on any atom is -0.507 e. The molecule has 0 aromatic heterocycles. The molecule has 0 aliphatic heterocycles. The average molecular weight is 336 g/mol. The van der Waals surface area contributed by atoms with E-state index in [1.807, 2.05) is 0 Å². The van der Waals surface area contributed by atoms with Crippen molar-refractivity contribution in [1.29, 1.82) is 0 Å². The standard InChI is InChI=1S/C9H10BrF3N2O.ClH/c10-4-1-5(7(15)3-14)8(16)6(2-4)9(11,12)13;/h1-2,7,16H,3,14-15H2;1H/t7-;/m1./s1. The summed E-state index contributed by atoms with van der Waals surface area (Å²) in [6.07, 6.45) is -4.63. The third-order valence-electron chi connectivity index (χ3n) is 2.06. The number of benzene rings is 1. The average Bonchev–Trinajstić information content (AvgIpc) is 2.18. The van der Waals surface area contributed by atoms with Gasteiger partial charge in [0.2, 0.25) is 0 Å². The van der Waals surface area contributed by atoms with Crippen molar-refractivity contribution >= 4 is 28.3 Å². The lowest BCUT2D eigenvalue weighted by Gasteiger charge is -2.16. The first kappa shape index (κ1) is 16.5. The molecule has 0 amide bonds. The molecule has 0 unspecified atom stereocenters. The monoisotopic (exact) mass is 334 g/mol. The fraction of sp³-hybridized carbons (Fsp3) is 0.333. The molecule has 0 bridgehead atoms. The summed E-state index contributed by atoms with van der Waals surface area (Å²) in [7, 11) is 0. The number of phenols is 1. The lowest BCUT2D eigenvalue weighted by Crippen LogP contribution is -2.21. The molecule has 0 heterocycles. The Hall–Kier alpha value is -0.500. The van der Waals surface area contributed by atoms with E-state index in [9.17, 15) is 18.3 Å². The first-order valence-electron chi connectivity index (χ1n) is 4.32. The zero-order valence-corrected chi connectivity index (χ0v) is 10.9. The van der Waals surface area contributed by atoms with Crippen LogP contribution in [-0.4, -0.2) is 11.7 Å². The van der Waals surface area contributed by atoms with Gasteiger partial charge in [0.1, 0.15) is 5.75 Å². The number of aromatic hydroxyl groups is 1. The summed E-state index contributed by atoms with van der Waals surface area (Å²) in [5.41, 5.74) is 9.60. The summed E-state index contributed by atoms with van der Waals surface area (Å²) < 4.78 is 37.8. The number of rotatable bonds is 2. The van der Waals surface area contributed by atoms with Crippen LogP contribution >= 0.6 is 28.3 Å². The van der Waals surface area contributed by atoms with E-state index in [-0.39, 0.29) is 29.0 Å². The number of nitrogens with two attached hydrogens (primary N) is 2. The van der Waals surface area contributed by atoms with Crippen molar-refractivity contribution < 1.29 is 18.3 Å². The first-order chi connectivity index (χ1) is 7.27. The van der Waals surface area contributed by atoms with Crippen LogP contribution in [0.4, 0.5) is 13.2 Å². The first-order valence-corrected chi connectivity index (χ1v) is 5.12. The lowest BCUT2D eigenvalue weighted by molar-refractivity contribution is -0.138. The molecule has 1 rings (SSSR count). The van der Waals surface area contributed by atoms with E-state index in [0.717, 1.165) is 6.07 Å². The van der Waals surface area contributed by atoms with Gasteiger partial charge in [0.15, 0.2) is 0 Å². The number of phenolic OH excluding ortho intramolecular Hbond substituents is 1. The van der Waals surface area contributed by atoms with Crippen LogP contribution < -0.4 is 11.5 Å². The molecule has 1 aromatic rings. The molecule has 1 atom stereocenters. The van der Waals surface area contributed by atoms with Gasteiger partial charge in [-0.2, -0.15) is 13.2 Å². The lowest BCUT2D eigenvalue weighted by atomic mass is 10.0. The van der Waals surface area contributed by atoms with Crippen LogP contribution in [0.2, 0.25) is 0 Å². The van der Waals surface area contributed by atoms with Gasteiger partial charge in [-0.05, 0) is 12.1 Å². The summed E-state index contributed by atoms with van der Waals surface area (Å²) in [4.78, 5) is 0. The van der Waals surface area contributed by atoms with E-state index in [0.29, 0.717) is 0 Å². The molecule has 8 heteroatoms. The van der Waals surface area contributed by atoms with Crippen LogP contribution in [0.5, 0.6) is 5.75 Å². The molecule has 0 aliphatic carbocycles. The maximum absolute atomic E-state index is 12.5. The Morgan fingerprint density at radius 3 is 2.29 bits per heavy atom. The highest BCUT2D eigenvalue weighted by atomic mass is 79.9. The molecule has 0 spiro atoms. The van der Waals surface area contributed by atoms with Crippen LogP contribution in [0.25, 0.3) is 0 Å². The molecule has 17 heavy (non-hydrogen) atoms. The molecule has 0 radical (unpaired) electrons. The molecular weight excluding hydrogens is 324 g/mol. The number of alkyl halides is 3. The summed E-state index contributed by atoms with van der Waals surface area (Å²) in [5.74, 6) is -0.867. The molecule has 0 aliphatic rings. The van der Waals surface area contributed by atoms with Crippen molar-refractivity contribution in [3.8, 4) is 5.75 Å². The molecule has 1 aromatic carbocycles. The van der Waals surface area contributed by atoms with Crippen molar-refractivity contribution in [3.63, 3.8) is 0 Å². The largest absolute Gasteiger partial charge is 0.507 e. The van der Waals surface area contributed by atoms with Crippen molar-refractivity contribution in [2.45, 2.75) is 12.2 Å². The van der Waals surface area contributed by atoms with Gasteiger partial charge in [0, 0.05) is 22.6 Å². The van der Waals surface area contributed by atoms with Crippen molar-refractivity contribution in [3.05, 3.63) is 27.7 Å². The summed E-state index contributed by atoms with van der Waals surface area (Å²) in [6.45, 7) is -0.0543. The maximum atomic E-state index is 12.5. The molecule has 0 fully saturated rings. The third kappa shape index (κ3) is 3.74. The van der Waals surface area contributed by atoms with E-state index in [1.54, 1.807) is 0 Å². The van der Waals surface area contributed by atoms with Crippen LogP contribution in [0.3, 0.4) is 0 Å². The summed E-state index contributed by atoms with van der Waals surface area (Å²) in [6, 6.07) is 1.28. The molecule has 0 saturated heterocycles. The van der Waals surface area contributed by atoms with Crippen LogP contribution in [-0.2, 0) is 6.18 Å². The second-order valence-corrected chi connectivity index (χ2v) is 4.15. The van der Waals surface area contributed by atoms with Gasteiger partial charge in [-0.3, -0.25) is 0 Å². The van der Waals surface area contributed by atoms with Gasteiger partial charge < -0.3 is 16.6 Å². The van der Waals surface area contributed by atoms with Crippen molar-refractivity contribution in [1.82, 2.24) is 0 Å². The Morgan fingerprint density at radius 2 is 1.88 bits per heavy atom. The highest BCUT2D eigenvalue weighted by molar-refractivity contribution is 9.10. The fourth-order valence-corrected chi connectivity index (χ4v) is 1.72. The highest BCUT2D eigenvalue weighted by Crippen LogP contribution is 2.40. The fourth-order valence-electron chi connectivity index (χ4n) is 1.25. The molecular formula is C9H11BrClF3N2O. The van der Waals surface area contributed by atoms with Crippen LogP contribution in [0, 0.1) is 0 Å². The second-order valence-electron chi connectivity index (χ2n) is 3.23. The predicted octanol–water partition coefficient (Wildman–Crippen LogP) is 2.55. The van der Waals surface area contributed by atoms with E-state index >= 15 is 0 Å². The van der Waals surface area contributed by atoms with E-state index in [4.69, 9.17) is 11.5 Å². The minimum absolute atomic E-state index is 0. The molecule has 0 saturated carbocycles. The third-order valence-corrected chi connectivity index (χ3v) is 2.52. The molecule has 98 valence electrons. The van der Waals surface area contributed by atoms with E-state index in [1.165, 1.54) is 6.07 Å². The smallest absolute Gasteiger partial charge is 0.420 e. The zero-order valence-electron chi connectivity index (χ0n) is 8.46. The maximum Gasteiger partial charge on any atom is 0.420 e. The van der Waals surface area contributed by atoms with Gasteiger partial charge in [-0.25, -0.2) is 0 Å². The SMILES string of the molecule is Cl.NC[C@@H](N)c1cc(Br)cc(C(F)(F)F)c1O. The number of hydrogen-bond donors (Lipinski definition) is 3. The Labute approximate surface area is 111 Å². The van der Waals surface area contributed by atoms with Crippen LogP contribution in [0.1, 0.15) is 17.2 Å². The molecule has 5 N–H and O–H groups in total. The van der Waals surface area contributed by atoms with Crippen LogP contribution in [0.15, 0.2) is 16.6 Å². The van der Waals surface area contributed by atoms with Crippen molar-refractivity contribution in [2.24, 2.45) is 11.5 Å². The van der Waals surface area contributed by atoms with Gasteiger partial charge >= 0.3 is 6.18 Å². The number of halogens is 5. The Bertz CT molecular complexity index is 401. The predicted molar refractivity (Wildman–Crippen MR) is 64.0 cm³/mol.